The second-order valence-corrected chi connectivity index (χ2v) is 5.02. The van der Waals surface area contributed by atoms with Gasteiger partial charge in [0.1, 0.15) is 0 Å². The van der Waals surface area contributed by atoms with Crippen LogP contribution in [0.4, 0.5) is 0 Å². The van der Waals surface area contributed by atoms with E-state index in [4.69, 9.17) is 11.6 Å². The molecule has 74 valence electrons. The fourth-order valence-corrected chi connectivity index (χ4v) is 1.67. The van der Waals surface area contributed by atoms with Gasteiger partial charge < -0.3 is 0 Å². The molecule has 1 heteroatoms. The molecule has 0 aromatic rings. The number of hydrogen-bond donors (Lipinski definition) is 0. The summed E-state index contributed by atoms with van der Waals surface area (Å²) in [5.41, 5.74) is 0.523. The Hall–Kier alpha value is 0.290. The fourth-order valence-electron chi connectivity index (χ4n) is 1.52. The summed E-state index contributed by atoms with van der Waals surface area (Å²) in [4.78, 5) is 0. The maximum absolute atomic E-state index is 5.76. The molecule has 0 aliphatic heterocycles. The van der Waals surface area contributed by atoms with Crippen molar-refractivity contribution in [2.24, 2.45) is 11.3 Å². The van der Waals surface area contributed by atoms with Crippen molar-refractivity contribution >= 4 is 11.6 Å². The molecule has 0 bridgehead atoms. The van der Waals surface area contributed by atoms with Crippen LogP contribution >= 0.6 is 11.6 Å². The minimum Gasteiger partial charge on any atom is -0.126 e. The molecule has 0 N–H and O–H groups in total. The Labute approximate surface area is 82.7 Å². The van der Waals surface area contributed by atoms with Crippen molar-refractivity contribution in [3.05, 3.63) is 0 Å². The third-order valence-corrected chi connectivity index (χ3v) is 3.03. The molecule has 0 heterocycles. The third-order valence-electron chi connectivity index (χ3n) is 2.50. The Morgan fingerprint density at radius 2 is 1.83 bits per heavy atom. The highest BCUT2D eigenvalue weighted by Crippen LogP contribution is 2.29. The van der Waals surface area contributed by atoms with Crippen LogP contribution in [0.2, 0.25) is 0 Å². The van der Waals surface area contributed by atoms with Crippen LogP contribution in [0.15, 0.2) is 0 Å². The summed E-state index contributed by atoms with van der Waals surface area (Å²) >= 11 is 5.76. The van der Waals surface area contributed by atoms with E-state index >= 15 is 0 Å². The summed E-state index contributed by atoms with van der Waals surface area (Å²) in [7, 11) is 0. The van der Waals surface area contributed by atoms with Crippen molar-refractivity contribution in [3.63, 3.8) is 0 Å². The molecule has 0 saturated carbocycles. The van der Waals surface area contributed by atoms with Gasteiger partial charge in [-0.3, -0.25) is 0 Å². The van der Waals surface area contributed by atoms with E-state index in [0.717, 1.165) is 5.88 Å². The van der Waals surface area contributed by atoms with Gasteiger partial charge in [0.05, 0.1) is 0 Å². The maximum atomic E-state index is 5.76. The number of hydrogen-bond acceptors (Lipinski definition) is 0. The molecule has 0 radical (unpaired) electrons. The molecule has 0 aliphatic rings. The average molecular weight is 191 g/mol. The highest BCUT2D eigenvalue weighted by atomic mass is 35.5. The van der Waals surface area contributed by atoms with E-state index < -0.39 is 0 Å². The average Bonchev–Trinajstić information content (AvgIpc) is 2.00. The Morgan fingerprint density at radius 1 is 1.25 bits per heavy atom. The first-order valence-corrected chi connectivity index (χ1v) is 5.61. The number of halogens is 1. The van der Waals surface area contributed by atoms with Gasteiger partial charge in [-0.15, -0.1) is 11.6 Å². The second kappa shape index (κ2) is 5.85. The predicted molar refractivity (Wildman–Crippen MR) is 57.8 cm³/mol. The van der Waals surface area contributed by atoms with Gasteiger partial charge in [-0.25, -0.2) is 0 Å². The van der Waals surface area contributed by atoms with E-state index in [1.54, 1.807) is 0 Å². The number of alkyl halides is 1. The molecule has 0 aliphatic carbocycles. The molecule has 0 nitrogen and oxygen atoms in total. The molecular weight excluding hydrogens is 168 g/mol. The van der Waals surface area contributed by atoms with E-state index in [9.17, 15) is 0 Å². The zero-order chi connectivity index (χ0) is 9.61. The van der Waals surface area contributed by atoms with Crippen LogP contribution in [0.1, 0.15) is 53.4 Å². The summed E-state index contributed by atoms with van der Waals surface area (Å²) in [6.45, 7) is 9.21. The summed E-state index contributed by atoms with van der Waals surface area (Å²) in [6.07, 6.45) is 5.22. The van der Waals surface area contributed by atoms with Gasteiger partial charge in [-0.2, -0.15) is 0 Å². The monoisotopic (exact) mass is 190 g/mol. The maximum Gasteiger partial charge on any atom is 0.0249 e. The Bertz CT molecular complexity index is 108. The Morgan fingerprint density at radius 3 is 2.25 bits per heavy atom. The molecule has 0 aromatic carbocycles. The third kappa shape index (κ3) is 5.88. The second-order valence-electron chi connectivity index (χ2n) is 4.71. The lowest BCUT2D eigenvalue weighted by Crippen LogP contribution is -2.12. The Balaban J connectivity index is 3.59. The van der Waals surface area contributed by atoms with Crippen LogP contribution in [0.3, 0.4) is 0 Å². The summed E-state index contributed by atoms with van der Waals surface area (Å²) in [6, 6.07) is 0. The molecule has 1 atom stereocenters. The van der Waals surface area contributed by atoms with E-state index in [1.165, 1.54) is 25.7 Å². The minimum absolute atomic E-state index is 0.523. The van der Waals surface area contributed by atoms with Gasteiger partial charge in [-0.05, 0) is 30.6 Å². The van der Waals surface area contributed by atoms with Crippen LogP contribution in [-0.4, -0.2) is 5.88 Å². The number of rotatable bonds is 6. The van der Waals surface area contributed by atoms with Crippen molar-refractivity contribution in [1.82, 2.24) is 0 Å². The minimum atomic E-state index is 0.523. The molecule has 0 rings (SSSR count). The van der Waals surface area contributed by atoms with Crippen molar-refractivity contribution in [2.45, 2.75) is 53.4 Å². The van der Waals surface area contributed by atoms with Gasteiger partial charge in [-0.1, -0.05) is 34.1 Å². The SMILES string of the molecule is CCCC(C)(C)CCC(C)CCl. The van der Waals surface area contributed by atoms with E-state index in [-0.39, 0.29) is 0 Å². The zero-order valence-electron chi connectivity index (χ0n) is 8.99. The van der Waals surface area contributed by atoms with E-state index in [2.05, 4.69) is 27.7 Å². The topological polar surface area (TPSA) is 0 Å². The van der Waals surface area contributed by atoms with Crippen molar-refractivity contribution in [1.29, 1.82) is 0 Å². The van der Waals surface area contributed by atoms with Crippen LogP contribution < -0.4 is 0 Å². The molecule has 12 heavy (non-hydrogen) atoms. The summed E-state index contributed by atoms with van der Waals surface area (Å²) in [5.74, 6) is 1.49. The summed E-state index contributed by atoms with van der Waals surface area (Å²) < 4.78 is 0. The molecule has 0 amide bonds. The first kappa shape index (κ1) is 12.3. The normalized spacial score (nSPS) is 14.8. The highest BCUT2D eigenvalue weighted by molar-refractivity contribution is 6.18. The van der Waals surface area contributed by atoms with Gasteiger partial charge in [0.2, 0.25) is 0 Å². The lowest BCUT2D eigenvalue weighted by Gasteiger charge is -2.25. The molecule has 0 aromatic heterocycles. The highest BCUT2D eigenvalue weighted by Gasteiger charge is 2.17. The van der Waals surface area contributed by atoms with Crippen molar-refractivity contribution in [3.8, 4) is 0 Å². The van der Waals surface area contributed by atoms with E-state index in [1.807, 2.05) is 0 Å². The lowest BCUT2D eigenvalue weighted by molar-refractivity contribution is 0.280. The van der Waals surface area contributed by atoms with Crippen molar-refractivity contribution in [2.75, 3.05) is 5.88 Å². The Kier molecular flexibility index (Phi) is 6.00. The first-order valence-electron chi connectivity index (χ1n) is 5.08. The fraction of sp³-hybridized carbons (Fsp3) is 1.00. The molecule has 0 fully saturated rings. The van der Waals surface area contributed by atoms with Crippen LogP contribution in [0.5, 0.6) is 0 Å². The summed E-state index contributed by atoms with van der Waals surface area (Å²) in [5, 5.41) is 0. The zero-order valence-corrected chi connectivity index (χ0v) is 9.75. The van der Waals surface area contributed by atoms with Crippen molar-refractivity contribution < 1.29 is 0 Å². The predicted octanol–water partition coefficient (Wildman–Crippen LogP) is 4.47. The molecule has 0 saturated heterocycles. The smallest absolute Gasteiger partial charge is 0.0249 e. The van der Waals surface area contributed by atoms with Crippen LogP contribution in [0.25, 0.3) is 0 Å². The van der Waals surface area contributed by atoms with Gasteiger partial charge in [0.15, 0.2) is 0 Å². The molecule has 0 spiro atoms. The van der Waals surface area contributed by atoms with Crippen LogP contribution in [0, 0.1) is 11.3 Å². The quantitative estimate of drug-likeness (QED) is 0.543. The van der Waals surface area contributed by atoms with Gasteiger partial charge in [0, 0.05) is 5.88 Å². The largest absolute Gasteiger partial charge is 0.126 e. The van der Waals surface area contributed by atoms with Gasteiger partial charge >= 0.3 is 0 Å². The standard InChI is InChI=1S/C11H23Cl/c1-5-7-11(3,4)8-6-10(2)9-12/h10H,5-9H2,1-4H3. The van der Waals surface area contributed by atoms with Crippen LogP contribution in [-0.2, 0) is 0 Å². The lowest BCUT2D eigenvalue weighted by atomic mass is 9.82. The molecular formula is C11H23Cl. The van der Waals surface area contributed by atoms with Gasteiger partial charge in [0.25, 0.3) is 0 Å². The first-order chi connectivity index (χ1) is 5.52. The van der Waals surface area contributed by atoms with E-state index in [0.29, 0.717) is 11.3 Å². The molecule has 1 unspecified atom stereocenters.